The largest absolute Gasteiger partial charge is 0.322 e. The maximum Gasteiger partial charge on any atom is 0.191 e. The van der Waals surface area contributed by atoms with Crippen LogP contribution in [0.25, 0.3) is 21.5 Å². The topological polar surface area (TPSA) is 3.24 Å². The summed E-state index contributed by atoms with van der Waals surface area (Å²) >= 11 is 0. The second kappa shape index (κ2) is 8.82. The van der Waals surface area contributed by atoms with Gasteiger partial charge in [-0.3, -0.25) is 0 Å². The highest BCUT2D eigenvalue weighted by molar-refractivity contribution is 7.12. The highest BCUT2D eigenvalue weighted by Crippen LogP contribution is 2.55. The van der Waals surface area contributed by atoms with E-state index >= 15 is 0 Å². The number of hydrogen-bond acceptors (Lipinski definition) is 1. The normalized spacial score (nSPS) is 15.4. The molecule has 4 aromatic carbocycles. The Morgan fingerprint density at radius 3 is 0.970 bits per heavy atom. The minimum atomic E-state index is -2.30. The monoisotopic (exact) mass is 443 g/mol. The fourth-order valence-electron chi connectivity index (χ4n) is 5.16. The van der Waals surface area contributed by atoms with Crippen molar-refractivity contribution in [3.8, 4) is 0 Å². The lowest BCUT2D eigenvalue weighted by atomic mass is 9.89. The molecule has 0 fully saturated rings. The molecule has 0 unspecified atom stereocenters. The number of rotatable bonds is 5. The average molecular weight is 444 g/mol. The molecule has 1 heterocycles. The van der Waals surface area contributed by atoms with Crippen molar-refractivity contribution in [1.29, 1.82) is 0 Å². The Kier molecular flexibility index (Phi) is 5.71. The van der Waals surface area contributed by atoms with Crippen molar-refractivity contribution in [3.63, 3.8) is 0 Å². The molecule has 0 amide bonds. The molecule has 0 radical (unpaired) electrons. The molecule has 0 saturated carbocycles. The number of nitrogens with zero attached hydrogens (tertiary/aromatic N) is 1. The molecule has 0 saturated heterocycles. The van der Waals surface area contributed by atoms with E-state index in [1.165, 1.54) is 43.8 Å². The van der Waals surface area contributed by atoms with Crippen LogP contribution in [0.3, 0.4) is 0 Å². The summed E-state index contributed by atoms with van der Waals surface area (Å²) in [5.41, 5.74) is 7.94. The molecule has 1 aliphatic rings. The van der Waals surface area contributed by atoms with Crippen LogP contribution in [-0.2, 0) is 0 Å². The van der Waals surface area contributed by atoms with Gasteiger partial charge in [0.2, 0.25) is 0 Å². The first kappa shape index (κ1) is 21.4. The first-order valence-corrected chi connectivity index (χ1v) is 14.0. The van der Waals surface area contributed by atoms with Crippen LogP contribution in [0.1, 0.15) is 22.3 Å². The molecular weight excluding hydrogens is 414 g/mol. The Balaban J connectivity index is 1.97. The van der Waals surface area contributed by atoms with Crippen LogP contribution in [0.4, 0.5) is 0 Å². The van der Waals surface area contributed by atoms with Gasteiger partial charge >= 0.3 is 0 Å². The van der Waals surface area contributed by atoms with E-state index in [9.17, 15) is 0 Å². The lowest BCUT2D eigenvalue weighted by Crippen LogP contribution is -2.48. The van der Waals surface area contributed by atoms with Gasteiger partial charge in [-0.25, -0.2) is 0 Å². The second-order valence-corrected chi connectivity index (χ2v) is 13.0. The van der Waals surface area contributed by atoms with Crippen LogP contribution in [0, 0.1) is 0 Å². The summed E-state index contributed by atoms with van der Waals surface area (Å²) in [5, 5.41) is 2.97. The van der Waals surface area contributed by atoms with Crippen molar-refractivity contribution in [2.75, 3.05) is 14.1 Å². The molecule has 0 spiro atoms. The van der Waals surface area contributed by atoms with Crippen molar-refractivity contribution in [3.05, 3.63) is 144 Å². The van der Waals surface area contributed by atoms with Gasteiger partial charge in [0.15, 0.2) is 8.24 Å². The molecule has 0 N–H and O–H groups in total. The highest BCUT2D eigenvalue weighted by Gasteiger charge is 2.49. The Morgan fingerprint density at radius 2 is 0.697 bits per heavy atom. The van der Waals surface area contributed by atoms with Gasteiger partial charge in [0.1, 0.15) is 0 Å². The molecule has 33 heavy (non-hydrogen) atoms. The molecule has 4 aromatic rings. The Labute approximate surface area is 198 Å². The molecule has 0 atom stereocenters. The predicted octanol–water partition coefficient (Wildman–Crippen LogP) is 7.44. The molecule has 2 heteroatoms. The number of allylic oxidation sites excluding steroid dienone is 2. The standard InChI is InChI=1S/C31H29NSi/c1-32(2)33(3)30(26-20-12-6-13-21-26)28(24-16-8-4-9-17-24)29(25-18-10-5-11-19-25)31(33)27-22-14-7-15-23-27/h4-23H,1-3H3. The van der Waals surface area contributed by atoms with E-state index in [-0.39, 0.29) is 0 Å². The van der Waals surface area contributed by atoms with Gasteiger partial charge in [0.25, 0.3) is 0 Å². The van der Waals surface area contributed by atoms with E-state index < -0.39 is 8.24 Å². The van der Waals surface area contributed by atoms with Gasteiger partial charge in [-0.05, 0) is 64.4 Å². The zero-order chi connectivity index (χ0) is 22.8. The smallest absolute Gasteiger partial charge is 0.191 e. The molecule has 162 valence electrons. The summed E-state index contributed by atoms with van der Waals surface area (Å²) in [6.45, 7) is 2.51. The van der Waals surface area contributed by atoms with Crippen LogP contribution in [0.5, 0.6) is 0 Å². The molecule has 1 nitrogen and oxygen atoms in total. The van der Waals surface area contributed by atoms with Crippen LogP contribution in [-0.4, -0.2) is 26.9 Å². The lowest BCUT2D eigenvalue weighted by Gasteiger charge is -2.36. The lowest BCUT2D eigenvalue weighted by molar-refractivity contribution is 0.642. The minimum Gasteiger partial charge on any atom is -0.322 e. The van der Waals surface area contributed by atoms with E-state index in [4.69, 9.17) is 0 Å². The summed E-state index contributed by atoms with van der Waals surface area (Å²) < 4.78 is 2.51. The summed E-state index contributed by atoms with van der Waals surface area (Å²) in [6.07, 6.45) is 0. The molecule has 0 aromatic heterocycles. The van der Waals surface area contributed by atoms with E-state index in [2.05, 4.69) is 147 Å². The Morgan fingerprint density at radius 1 is 0.424 bits per heavy atom. The predicted molar refractivity (Wildman–Crippen MR) is 145 cm³/mol. The third kappa shape index (κ3) is 3.62. The maximum absolute atomic E-state index is 2.51. The second-order valence-electron chi connectivity index (χ2n) is 8.93. The maximum atomic E-state index is 2.51. The molecule has 5 rings (SSSR count). The zero-order valence-electron chi connectivity index (χ0n) is 19.5. The molecule has 1 aliphatic heterocycles. The van der Waals surface area contributed by atoms with Crippen molar-refractivity contribution in [2.45, 2.75) is 6.55 Å². The van der Waals surface area contributed by atoms with Gasteiger partial charge in [-0.15, -0.1) is 0 Å². The van der Waals surface area contributed by atoms with Crippen LogP contribution >= 0.6 is 0 Å². The van der Waals surface area contributed by atoms with Crippen LogP contribution < -0.4 is 0 Å². The first-order valence-electron chi connectivity index (χ1n) is 11.5. The third-order valence-electron chi connectivity index (χ3n) is 6.87. The average Bonchev–Trinajstić information content (AvgIpc) is 3.16. The highest BCUT2D eigenvalue weighted by atomic mass is 28.3. The molecule has 0 bridgehead atoms. The Hall–Kier alpha value is -3.46. The van der Waals surface area contributed by atoms with E-state index in [1.54, 1.807) is 0 Å². The fraction of sp³-hybridized carbons (Fsp3) is 0.0968. The van der Waals surface area contributed by atoms with Crippen molar-refractivity contribution >= 4 is 29.8 Å². The Bertz CT molecular complexity index is 1210. The van der Waals surface area contributed by atoms with E-state index in [0.29, 0.717) is 0 Å². The summed E-state index contributed by atoms with van der Waals surface area (Å²) in [4.78, 5) is 0. The van der Waals surface area contributed by atoms with Gasteiger partial charge in [-0.1, -0.05) is 121 Å². The first-order chi connectivity index (χ1) is 16.1. The van der Waals surface area contributed by atoms with Crippen molar-refractivity contribution in [2.24, 2.45) is 0 Å². The third-order valence-corrected chi connectivity index (χ3v) is 11.7. The summed E-state index contributed by atoms with van der Waals surface area (Å²) in [5.74, 6) is 0. The number of hydrogen-bond donors (Lipinski definition) is 0. The SMILES string of the molecule is CN(C)[Si]1(C)C(c2ccccc2)=C(c2ccccc2)C(c2ccccc2)=C1c1ccccc1. The van der Waals surface area contributed by atoms with Gasteiger partial charge in [0.05, 0.1) is 0 Å². The van der Waals surface area contributed by atoms with E-state index in [0.717, 1.165) is 0 Å². The number of benzene rings is 4. The van der Waals surface area contributed by atoms with Crippen molar-refractivity contribution in [1.82, 2.24) is 4.57 Å². The van der Waals surface area contributed by atoms with Crippen LogP contribution in [0.2, 0.25) is 6.55 Å². The zero-order valence-corrected chi connectivity index (χ0v) is 20.5. The fourth-order valence-corrected chi connectivity index (χ4v) is 9.27. The van der Waals surface area contributed by atoms with Gasteiger partial charge < -0.3 is 4.57 Å². The molecular formula is C31H29NSi. The van der Waals surface area contributed by atoms with Crippen LogP contribution in [0.15, 0.2) is 121 Å². The summed E-state index contributed by atoms with van der Waals surface area (Å²) in [6, 6.07) is 43.9. The molecule has 0 aliphatic carbocycles. The quantitative estimate of drug-likeness (QED) is 0.290. The van der Waals surface area contributed by atoms with Crippen molar-refractivity contribution < 1.29 is 0 Å². The van der Waals surface area contributed by atoms with Gasteiger partial charge in [0, 0.05) is 0 Å². The minimum absolute atomic E-state index is 1.28. The van der Waals surface area contributed by atoms with E-state index in [1.807, 2.05) is 0 Å². The summed E-state index contributed by atoms with van der Waals surface area (Å²) in [7, 11) is 2.21. The van der Waals surface area contributed by atoms with Gasteiger partial charge in [-0.2, -0.15) is 0 Å².